The van der Waals surface area contributed by atoms with Gasteiger partial charge >= 0.3 is 47.0 Å². The highest BCUT2D eigenvalue weighted by Gasteiger charge is 3.00. The van der Waals surface area contributed by atoms with Gasteiger partial charge in [0.05, 0.1) is 0 Å². The van der Waals surface area contributed by atoms with Crippen molar-refractivity contribution in [3.05, 3.63) is 0 Å². The first-order valence-electron chi connectivity index (χ1n) is 5.18. The SMILES string of the molecule is FC(F)(Cl)C(F)(F)C(F)(F)C(F)(F)C(F)(F)C(F)(F)C1(F)OC1(F)F. The largest absolute Gasteiger partial charge is 0.424 e. The van der Waals surface area contributed by atoms with Crippen molar-refractivity contribution in [3.63, 3.8) is 0 Å². The molecule has 1 nitrogen and oxygen atoms in total. The Morgan fingerprint density at radius 1 is 0.560 bits per heavy atom. The molecule has 0 radical (unpaired) electrons. The Hall–Kier alpha value is -0.800. The molecule has 1 fully saturated rings. The number of rotatable bonds is 6. The summed E-state index contributed by atoms with van der Waals surface area (Å²) in [5, 5.41) is -6.68. The highest BCUT2D eigenvalue weighted by atomic mass is 35.5. The average molecular weight is 433 g/mol. The maximum Gasteiger partial charge on any atom is 0.424 e. The van der Waals surface area contributed by atoms with Crippen molar-refractivity contribution >= 4 is 11.6 Å². The van der Waals surface area contributed by atoms with Crippen molar-refractivity contribution in [2.24, 2.45) is 0 Å². The molecule has 0 spiro atoms. The van der Waals surface area contributed by atoms with Crippen LogP contribution in [0.4, 0.5) is 65.9 Å². The van der Waals surface area contributed by atoms with Crippen LogP contribution in [-0.4, -0.2) is 47.0 Å². The topological polar surface area (TPSA) is 12.5 Å². The fourth-order valence-corrected chi connectivity index (χ4v) is 1.49. The fraction of sp³-hybridized carbons (Fsp3) is 1.00. The molecule has 0 N–H and O–H groups in total. The quantitative estimate of drug-likeness (QED) is 0.316. The lowest BCUT2D eigenvalue weighted by Gasteiger charge is -2.40. The molecule has 1 rings (SSSR count). The molecule has 0 saturated carbocycles. The van der Waals surface area contributed by atoms with Crippen LogP contribution in [-0.2, 0) is 4.74 Å². The van der Waals surface area contributed by atoms with E-state index in [-0.39, 0.29) is 0 Å². The third-order valence-corrected chi connectivity index (χ3v) is 3.18. The summed E-state index contributed by atoms with van der Waals surface area (Å²) in [4.78, 5) is 0. The zero-order valence-corrected chi connectivity index (χ0v) is 11.2. The monoisotopic (exact) mass is 432 g/mol. The van der Waals surface area contributed by atoms with E-state index in [0.29, 0.717) is 0 Å². The lowest BCUT2D eigenvalue weighted by atomic mass is 9.92. The van der Waals surface area contributed by atoms with Crippen LogP contribution in [0.3, 0.4) is 0 Å². The summed E-state index contributed by atoms with van der Waals surface area (Å²) in [6.07, 6.45) is -5.88. The molecule has 1 saturated heterocycles. The van der Waals surface area contributed by atoms with Gasteiger partial charge in [0, 0.05) is 0 Å². The lowest BCUT2D eigenvalue weighted by Crippen LogP contribution is -2.72. The minimum atomic E-state index is -8.20. The molecule has 0 aromatic heterocycles. The van der Waals surface area contributed by atoms with Gasteiger partial charge in [0.2, 0.25) is 0 Å². The van der Waals surface area contributed by atoms with E-state index < -0.39 is 47.0 Å². The summed E-state index contributed by atoms with van der Waals surface area (Å²) in [5.74, 6) is -45.8. The summed E-state index contributed by atoms with van der Waals surface area (Å²) >= 11 is 3.38. The molecular formula is C8ClF15O. The van der Waals surface area contributed by atoms with Crippen LogP contribution in [0.5, 0.6) is 0 Å². The molecule has 1 atom stereocenters. The van der Waals surface area contributed by atoms with Gasteiger partial charge in [0.25, 0.3) is 0 Å². The Bertz CT molecular complexity index is 550. The maximum absolute atomic E-state index is 13.0. The van der Waals surface area contributed by atoms with E-state index in [0.717, 1.165) is 0 Å². The first-order valence-corrected chi connectivity index (χ1v) is 5.56. The van der Waals surface area contributed by atoms with E-state index >= 15 is 0 Å². The Kier molecular flexibility index (Phi) is 4.38. The number of epoxide rings is 1. The molecule has 1 aliphatic heterocycles. The van der Waals surface area contributed by atoms with Crippen molar-refractivity contribution in [2.45, 2.75) is 47.0 Å². The summed E-state index contributed by atoms with van der Waals surface area (Å²) in [7, 11) is 0. The summed E-state index contributed by atoms with van der Waals surface area (Å²) in [6.45, 7) is 0. The van der Waals surface area contributed by atoms with Crippen LogP contribution in [0.25, 0.3) is 0 Å². The highest BCUT2D eigenvalue weighted by Crippen LogP contribution is 2.68. The average Bonchev–Trinajstić information content (AvgIpc) is 2.87. The van der Waals surface area contributed by atoms with Crippen LogP contribution in [0.2, 0.25) is 0 Å². The zero-order chi connectivity index (χ0) is 20.7. The lowest BCUT2D eigenvalue weighted by molar-refractivity contribution is -0.427. The molecular weight excluding hydrogens is 433 g/mol. The predicted molar refractivity (Wildman–Crippen MR) is 45.4 cm³/mol. The Balaban J connectivity index is 3.50. The second kappa shape index (κ2) is 4.92. The minimum absolute atomic E-state index is 2.13. The number of ether oxygens (including phenoxy) is 1. The van der Waals surface area contributed by atoms with Gasteiger partial charge in [-0.1, -0.05) is 0 Å². The molecule has 1 unspecified atom stereocenters. The van der Waals surface area contributed by atoms with Gasteiger partial charge in [-0.15, -0.1) is 0 Å². The van der Waals surface area contributed by atoms with Crippen LogP contribution >= 0.6 is 11.6 Å². The third-order valence-electron chi connectivity index (χ3n) is 2.94. The van der Waals surface area contributed by atoms with E-state index in [9.17, 15) is 65.9 Å². The predicted octanol–water partition coefficient (Wildman–Crippen LogP) is 5.28. The summed E-state index contributed by atoms with van der Waals surface area (Å²) in [6, 6.07) is 0. The highest BCUT2D eigenvalue weighted by molar-refractivity contribution is 6.22. The van der Waals surface area contributed by atoms with Gasteiger partial charge in [0.1, 0.15) is 0 Å². The molecule has 25 heavy (non-hydrogen) atoms. The first-order chi connectivity index (χ1) is 10.5. The van der Waals surface area contributed by atoms with Gasteiger partial charge in [-0.2, -0.15) is 65.9 Å². The van der Waals surface area contributed by atoms with E-state index in [2.05, 4.69) is 16.3 Å². The molecule has 1 aliphatic rings. The first kappa shape index (κ1) is 22.2. The van der Waals surface area contributed by atoms with E-state index in [1.807, 2.05) is 0 Å². The van der Waals surface area contributed by atoms with Crippen molar-refractivity contribution in [2.75, 3.05) is 0 Å². The summed E-state index contributed by atoms with van der Waals surface area (Å²) < 4.78 is 193. The van der Waals surface area contributed by atoms with Crippen molar-refractivity contribution < 1.29 is 70.6 Å². The van der Waals surface area contributed by atoms with Crippen LogP contribution in [0.15, 0.2) is 0 Å². The maximum atomic E-state index is 13.0. The van der Waals surface area contributed by atoms with E-state index in [4.69, 9.17) is 0 Å². The van der Waals surface area contributed by atoms with Gasteiger partial charge < -0.3 is 0 Å². The Labute approximate surface area is 130 Å². The third kappa shape index (κ3) is 2.38. The number of halogens is 16. The molecule has 0 amide bonds. The van der Waals surface area contributed by atoms with Gasteiger partial charge in [-0.25, -0.2) is 0 Å². The Morgan fingerprint density at radius 3 is 1.08 bits per heavy atom. The minimum Gasteiger partial charge on any atom is -0.265 e. The summed E-state index contributed by atoms with van der Waals surface area (Å²) in [5.41, 5.74) is 0. The van der Waals surface area contributed by atoms with Gasteiger partial charge in [-0.05, 0) is 11.6 Å². The van der Waals surface area contributed by atoms with Crippen LogP contribution in [0.1, 0.15) is 0 Å². The fourth-order valence-electron chi connectivity index (χ4n) is 1.37. The van der Waals surface area contributed by atoms with Crippen LogP contribution in [0, 0.1) is 0 Å². The number of alkyl halides is 16. The molecule has 1 heterocycles. The molecule has 17 heteroatoms. The molecule has 0 aromatic carbocycles. The van der Waals surface area contributed by atoms with E-state index in [1.54, 1.807) is 0 Å². The standard InChI is InChI=1S/C8ClF15O/c9-7(21,22)5(18,19)3(14,15)1(10,11)2(12,13)4(16,17)6(20)8(23,24)25-6. The van der Waals surface area contributed by atoms with Gasteiger partial charge in [-0.3, -0.25) is 4.74 Å². The zero-order valence-electron chi connectivity index (χ0n) is 10.5. The molecule has 0 aromatic rings. The molecule has 0 aliphatic carbocycles. The van der Waals surface area contributed by atoms with Crippen molar-refractivity contribution in [3.8, 4) is 0 Å². The number of hydrogen-bond acceptors (Lipinski definition) is 1. The van der Waals surface area contributed by atoms with Gasteiger partial charge in [0.15, 0.2) is 0 Å². The van der Waals surface area contributed by atoms with Crippen molar-refractivity contribution in [1.82, 2.24) is 0 Å². The van der Waals surface area contributed by atoms with E-state index in [1.165, 1.54) is 0 Å². The van der Waals surface area contributed by atoms with Crippen LogP contribution < -0.4 is 0 Å². The number of hydrogen-bond donors (Lipinski definition) is 0. The Morgan fingerprint density at radius 2 is 0.840 bits per heavy atom. The second-order valence-corrected chi connectivity index (χ2v) is 5.06. The smallest absolute Gasteiger partial charge is 0.265 e. The molecule has 0 bridgehead atoms. The normalized spacial score (nSPS) is 25.9. The van der Waals surface area contributed by atoms with Crippen molar-refractivity contribution in [1.29, 1.82) is 0 Å². The molecule has 150 valence electrons. The second-order valence-electron chi connectivity index (χ2n) is 4.58.